The zero-order valence-electron chi connectivity index (χ0n) is 13.4. The molecule has 2 aromatic heterocycles. The Bertz CT molecular complexity index is 1050. The minimum Gasteiger partial charge on any atom is -0.507 e. The highest BCUT2D eigenvalue weighted by atomic mass is 16.4. The molecular weight excluding hydrogens is 334 g/mol. The topological polar surface area (TPSA) is 101 Å². The van der Waals surface area contributed by atoms with Crippen molar-refractivity contribution in [2.24, 2.45) is 0 Å². The van der Waals surface area contributed by atoms with Gasteiger partial charge in [-0.1, -0.05) is 18.2 Å². The number of aromatic hydroxyl groups is 1. The molecule has 0 bridgehead atoms. The maximum Gasteiger partial charge on any atom is 0.283 e. The van der Waals surface area contributed by atoms with Gasteiger partial charge in [0, 0.05) is 11.3 Å². The van der Waals surface area contributed by atoms with Crippen LogP contribution in [0.4, 0.5) is 5.69 Å². The summed E-state index contributed by atoms with van der Waals surface area (Å²) in [6, 6.07) is 16.8. The number of benzene rings is 2. The SMILES string of the molecule is O=C(Nc1cccc(-c2nnc(-c3ccco3)o2)c1)c1ccccc1O. The number of carbonyl (C=O) groups excluding carboxylic acids is 1. The van der Waals surface area contributed by atoms with Gasteiger partial charge in [-0.25, -0.2) is 0 Å². The molecule has 0 aliphatic heterocycles. The predicted octanol–water partition coefficient (Wildman–Crippen LogP) is 3.95. The Morgan fingerprint density at radius 3 is 2.62 bits per heavy atom. The Balaban J connectivity index is 1.57. The van der Waals surface area contributed by atoms with E-state index in [0.717, 1.165) is 0 Å². The number of furan rings is 1. The highest BCUT2D eigenvalue weighted by Crippen LogP contribution is 2.26. The van der Waals surface area contributed by atoms with E-state index in [9.17, 15) is 9.90 Å². The molecule has 0 fully saturated rings. The Morgan fingerprint density at radius 2 is 1.81 bits per heavy atom. The summed E-state index contributed by atoms with van der Waals surface area (Å²) >= 11 is 0. The first kappa shape index (κ1) is 15.6. The summed E-state index contributed by atoms with van der Waals surface area (Å²) in [5.74, 6) is 0.555. The second-order valence-corrected chi connectivity index (χ2v) is 5.44. The molecule has 7 nitrogen and oxygen atoms in total. The number of amides is 1. The summed E-state index contributed by atoms with van der Waals surface area (Å²) in [7, 11) is 0. The van der Waals surface area contributed by atoms with Crippen LogP contribution in [-0.2, 0) is 0 Å². The highest BCUT2D eigenvalue weighted by molar-refractivity contribution is 6.06. The number of phenols is 1. The van der Waals surface area contributed by atoms with Gasteiger partial charge in [0.05, 0.1) is 11.8 Å². The fourth-order valence-corrected chi connectivity index (χ4v) is 2.43. The normalized spacial score (nSPS) is 10.6. The molecule has 26 heavy (non-hydrogen) atoms. The van der Waals surface area contributed by atoms with Crippen LogP contribution < -0.4 is 5.32 Å². The summed E-state index contributed by atoms with van der Waals surface area (Å²) in [6.07, 6.45) is 1.52. The predicted molar refractivity (Wildman–Crippen MR) is 93.5 cm³/mol. The summed E-state index contributed by atoms with van der Waals surface area (Å²) in [6.45, 7) is 0. The van der Waals surface area contributed by atoms with Crippen LogP contribution in [-0.4, -0.2) is 21.2 Å². The van der Waals surface area contributed by atoms with Crippen molar-refractivity contribution in [3.05, 3.63) is 72.5 Å². The van der Waals surface area contributed by atoms with Gasteiger partial charge in [-0.2, -0.15) is 0 Å². The number of rotatable bonds is 4. The van der Waals surface area contributed by atoms with Crippen molar-refractivity contribution in [3.8, 4) is 28.9 Å². The maximum absolute atomic E-state index is 12.3. The van der Waals surface area contributed by atoms with Gasteiger partial charge in [-0.05, 0) is 42.5 Å². The van der Waals surface area contributed by atoms with Gasteiger partial charge in [0.1, 0.15) is 5.75 Å². The maximum atomic E-state index is 12.3. The first-order chi connectivity index (χ1) is 12.7. The van der Waals surface area contributed by atoms with Crippen LogP contribution >= 0.6 is 0 Å². The second kappa shape index (κ2) is 6.56. The van der Waals surface area contributed by atoms with E-state index in [4.69, 9.17) is 8.83 Å². The van der Waals surface area contributed by atoms with Crippen molar-refractivity contribution in [3.63, 3.8) is 0 Å². The quantitative estimate of drug-likeness (QED) is 0.579. The number of aromatic nitrogens is 2. The summed E-state index contributed by atoms with van der Waals surface area (Å²) in [4.78, 5) is 12.3. The molecule has 4 aromatic rings. The number of para-hydroxylation sites is 1. The van der Waals surface area contributed by atoms with E-state index in [-0.39, 0.29) is 17.2 Å². The fourth-order valence-electron chi connectivity index (χ4n) is 2.43. The lowest BCUT2D eigenvalue weighted by Crippen LogP contribution is -2.11. The number of phenolic OH excluding ortho intramolecular Hbond substituents is 1. The molecule has 0 spiro atoms. The lowest BCUT2D eigenvalue weighted by molar-refractivity contribution is 0.102. The van der Waals surface area contributed by atoms with Crippen molar-refractivity contribution in [2.75, 3.05) is 5.32 Å². The molecule has 2 heterocycles. The lowest BCUT2D eigenvalue weighted by atomic mass is 10.1. The lowest BCUT2D eigenvalue weighted by Gasteiger charge is -2.07. The van der Waals surface area contributed by atoms with Gasteiger partial charge in [0.2, 0.25) is 5.89 Å². The van der Waals surface area contributed by atoms with Crippen molar-refractivity contribution < 1.29 is 18.7 Å². The summed E-state index contributed by atoms with van der Waals surface area (Å²) < 4.78 is 10.8. The molecule has 2 N–H and O–H groups in total. The van der Waals surface area contributed by atoms with Crippen molar-refractivity contribution in [1.29, 1.82) is 0 Å². The van der Waals surface area contributed by atoms with Crippen LogP contribution in [0.25, 0.3) is 23.1 Å². The molecule has 0 atom stereocenters. The van der Waals surface area contributed by atoms with Crippen molar-refractivity contribution >= 4 is 11.6 Å². The van der Waals surface area contributed by atoms with Gasteiger partial charge in [-0.3, -0.25) is 4.79 Å². The van der Waals surface area contributed by atoms with E-state index in [0.29, 0.717) is 22.9 Å². The Labute approximate surface area is 147 Å². The second-order valence-electron chi connectivity index (χ2n) is 5.44. The van der Waals surface area contributed by atoms with E-state index >= 15 is 0 Å². The van der Waals surface area contributed by atoms with Crippen molar-refractivity contribution in [2.45, 2.75) is 0 Å². The van der Waals surface area contributed by atoms with Crippen molar-refractivity contribution in [1.82, 2.24) is 10.2 Å². The first-order valence-corrected chi connectivity index (χ1v) is 7.78. The molecule has 4 rings (SSSR count). The molecule has 0 unspecified atom stereocenters. The third-order valence-electron chi connectivity index (χ3n) is 3.67. The molecule has 7 heteroatoms. The van der Waals surface area contributed by atoms with Crippen LogP contribution in [0, 0.1) is 0 Å². The molecule has 128 valence electrons. The number of hydrogen-bond acceptors (Lipinski definition) is 6. The number of hydrogen-bond donors (Lipinski definition) is 2. The third kappa shape index (κ3) is 3.05. The van der Waals surface area contributed by atoms with Gasteiger partial charge >= 0.3 is 0 Å². The number of anilines is 1. The molecule has 0 aliphatic rings. The summed E-state index contributed by atoms with van der Waals surface area (Å²) in [5.41, 5.74) is 1.37. The van der Waals surface area contributed by atoms with Gasteiger partial charge in [0.15, 0.2) is 5.76 Å². The van der Waals surface area contributed by atoms with E-state index in [1.54, 1.807) is 54.6 Å². The van der Waals surface area contributed by atoms with Gasteiger partial charge in [-0.15, -0.1) is 10.2 Å². The Kier molecular flexibility index (Phi) is 3.95. The minimum atomic E-state index is -0.415. The summed E-state index contributed by atoms with van der Waals surface area (Å²) in [5, 5.41) is 20.5. The molecule has 0 saturated carbocycles. The number of nitrogens with one attached hydrogen (secondary N) is 1. The van der Waals surface area contributed by atoms with E-state index in [1.807, 2.05) is 0 Å². The van der Waals surface area contributed by atoms with Crippen LogP contribution in [0.1, 0.15) is 10.4 Å². The van der Waals surface area contributed by atoms with E-state index < -0.39 is 5.91 Å². The Hall–Kier alpha value is -3.87. The van der Waals surface area contributed by atoms with Gasteiger partial charge in [0.25, 0.3) is 11.8 Å². The molecular formula is C19H13N3O4. The monoisotopic (exact) mass is 347 g/mol. The fraction of sp³-hybridized carbons (Fsp3) is 0. The standard InChI is InChI=1S/C19H13N3O4/c23-15-8-2-1-7-14(15)17(24)20-13-6-3-5-12(11-13)18-21-22-19(26-18)16-9-4-10-25-16/h1-11,23H,(H,20,24). The molecule has 0 aliphatic carbocycles. The third-order valence-corrected chi connectivity index (χ3v) is 3.67. The molecule has 0 saturated heterocycles. The average Bonchev–Trinajstić information content (AvgIpc) is 3.34. The van der Waals surface area contributed by atoms with Crippen LogP contribution in [0.5, 0.6) is 5.75 Å². The zero-order chi connectivity index (χ0) is 17.9. The van der Waals surface area contributed by atoms with Gasteiger partial charge < -0.3 is 19.3 Å². The largest absolute Gasteiger partial charge is 0.507 e. The number of nitrogens with zero attached hydrogens (tertiary/aromatic N) is 2. The van der Waals surface area contributed by atoms with E-state index in [2.05, 4.69) is 15.5 Å². The van der Waals surface area contributed by atoms with E-state index in [1.165, 1.54) is 12.3 Å². The zero-order valence-corrected chi connectivity index (χ0v) is 13.4. The highest BCUT2D eigenvalue weighted by Gasteiger charge is 2.14. The number of carbonyl (C=O) groups is 1. The Morgan fingerprint density at radius 1 is 0.962 bits per heavy atom. The van der Waals surface area contributed by atoms with Crippen LogP contribution in [0.3, 0.4) is 0 Å². The van der Waals surface area contributed by atoms with Crippen LogP contribution in [0.15, 0.2) is 75.8 Å². The van der Waals surface area contributed by atoms with Crippen LogP contribution in [0.2, 0.25) is 0 Å². The smallest absolute Gasteiger partial charge is 0.283 e. The molecule has 1 amide bonds. The minimum absolute atomic E-state index is 0.0823. The molecule has 0 radical (unpaired) electrons. The molecule has 2 aromatic carbocycles. The first-order valence-electron chi connectivity index (χ1n) is 7.78. The average molecular weight is 347 g/mol.